The van der Waals surface area contributed by atoms with Crippen molar-refractivity contribution in [3.63, 3.8) is 0 Å². The van der Waals surface area contributed by atoms with Gasteiger partial charge in [-0.25, -0.2) is 14.8 Å². The molecule has 248 valence electrons. The van der Waals surface area contributed by atoms with E-state index >= 15 is 0 Å². The summed E-state index contributed by atoms with van der Waals surface area (Å²) in [6, 6.07) is 10.6. The highest BCUT2D eigenvalue weighted by molar-refractivity contribution is 5.98. The summed E-state index contributed by atoms with van der Waals surface area (Å²) >= 11 is 0. The number of nitrogens with zero attached hydrogens (tertiary/aromatic N) is 6. The van der Waals surface area contributed by atoms with Gasteiger partial charge in [0.05, 0.1) is 28.8 Å². The highest BCUT2D eigenvalue weighted by Gasteiger charge is 2.39. The number of hydrogen-bond donors (Lipinski definition) is 2. The highest BCUT2D eigenvalue weighted by Crippen LogP contribution is 2.36. The first-order valence-electron chi connectivity index (χ1n) is 16.2. The van der Waals surface area contributed by atoms with Gasteiger partial charge in [-0.2, -0.15) is 0 Å². The average Bonchev–Trinajstić information content (AvgIpc) is 3.51. The third-order valence-corrected chi connectivity index (χ3v) is 8.52. The van der Waals surface area contributed by atoms with Gasteiger partial charge in [-0.05, 0) is 90.0 Å². The third-order valence-electron chi connectivity index (χ3n) is 8.52. The lowest BCUT2D eigenvalue weighted by Crippen LogP contribution is -2.50. The van der Waals surface area contributed by atoms with Crippen LogP contribution in [0.15, 0.2) is 54.7 Å². The monoisotopic (exact) mass is 640 g/mol. The molecule has 12 heteroatoms. The Labute approximate surface area is 274 Å². The molecule has 0 spiro atoms. The van der Waals surface area contributed by atoms with Gasteiger partial charge in [-0.15, -0.1) is 0 Å². The summed E-state index contributed by atoms with van der Waals surface area (Å²) in [7, 11) is 5.82. The fourth-order valence-corrected chi connectivity index (χ4v) is 6.01. The van der Waals surface area contributed by atoms with Crippen molar-refractivity contribution in [3.8, 4) is 11.5 Å². The van der Waals surface area contributed by atoms with Crippen molar-refractivity contribution in [3.05, 3.63) is 60.3 Å². The number of benzene rings is 1. The molecule has 1 aliphatic heterocycles. The molecule has 12 nitrogen and oxygen atoms in total. The number of ether oxygens (including phenoxy) is 1. The van der Waals surface area contributed by atoms with Crippen LogP contribution in [-0.4, -0.2) is 98.2 Å². The van der Waals surface area contributed by atoms with Gasteiger partial charge in [0.2, 0.25) is 5.91 Å². The maximum Gasteiger partial charge on any atom is 0.410 e. The normalized spacial score (nSPS) is 18.5. The second-order valence-corrected chi connectivity index (χ2v) is 13.9. The maximum atomic E-state index is 13.7. The van der Waals surface area contributed by atoms with Crippen LogP contribution in [0.2, 0.25) is 0 Å². The molecule has 0 bridgehead atoms. The first-order chi connectivity index (χ1) is 22.4. The van der Waals surface area contributed by atoms with Gasteiger partial charge in [0, 0.05) is 56.4 Å². The van der Waals surface area contributed by atoms with Crippen LogP contribution in [0.1, 0.15) is 44.0 Å². The van der Waals surface area contributed by atoms with Crippen molar-refractivity contribution < 1.29 is 19.1 Å². The van der Waals surface area contributed by atoms with Gasteiger partial charge in [-0.1, -0.05) is 6.08 Å². The number of likely N-dealkylation sites (N-methyl/N-ethyl adjacent to an activating group) is 1. The summed E-state index contributed by atoms with van der Waals surface area (Å²) in [4.78, 5) is 52.5. The molecule has 2 atom stereocenters. The second kappa shape index (κ2) is 12.8. The van der Waals surface area contributed by atoms with Gasteiger partial charge in [-0.3, -0.25) is 9.59 Å². The van der Waals surface area contributed by atoms with Gasteiger partial charge in [0.25, 0.3) is 5.91 Å². The number of rotatable bonds is 9. The molecule has 47 heavy (non-hydrogen) atoms. The SMILES string of the molecule is CN(C)CC=CC(=O)N[C@H]1CN(C(=O)OC(C)(C)C)CC1NC(=O)c1ccc2c(c1)nc(-c1cc3cccnc3n1CC1CC1)n2C. The molecule has 6 rings (SSSR count). The van der Waals surface area contributed by atoms with E-state index in [9.17, 15) is 14.4 Å². The van der Waals surface area contributed by atoms with Crippen LogP contribution in [0.5, 0.6) is 0 Å². The second-order valence-electron chi connectivity index (χ2n) is 13.9. The molecular formula is C35H44N8O4. The lowest BCUT2D eigenvalue weighted by molar-refractivity contribution is -0.117. The number of hydrogen-bond acceptors (Lipinski definition) is 7. The molecule has 2 aliphatic rings. The lowest BCUT2D eigenvalue weighted by atomic mass is 10.1. The number of carbonyl (C=O) groups is 3. The van der Waals surface area contributed by atoms with E-state index in [2.05, 4.69) is 36.9 Å². The van der Waals surface area contributed by atoms with Crippen LogP contribution < -0.4 is 10.6 Å². The third kappa shape index (κ3) is 7.32. The number of pyridine rings is 1. The predicted molar refractivity (Wildman–Crippen MR) is 181 cm³/mol. The number of imidazole rings is 1. The van der Waals surface area contributed by atoms with E-state index in [-0.39, 0.29) is 24.9 Å². The Hall–Kier alpha value is -4.71. The minimum Gasteiger partial charge on any atom is -0.444 e. The van der Waals surface area contributed by atoms with E-state index in [0.29, 0.717) is 23.5 Å². The summed E-state index contributed by atoms with van der Waals surface area (Å²) in [5.41, 5.74) is 3.32. The van der Waals surface area contributed by atoms with Gasteiger partial charge < -0.3 is 34.3 Å². The Morgan fingerprint density at radius 3 is 2.51 bits per heavy atom. The lowest BCUT2D eigenvalue weighted by Gasteiger charge is -2.24. The van der Waals surface area contributed by atoms with E-state index in [1.54, 1.807) is 39.0 Å². The molecule has 4 aromatic rings. The predicted octanol–water partition coefficient (Wildman–Crippen LogP) is 3.95. The molecule has 1 aliphatic carbocycles. The number of likely N-dealkylation sites (tertiary alicyclic amines) is 1. The summed E-state index contributed by atoms with van der Waals surface area (Å²) in [6.45, 7) is 7.33. The molecule has 1 unspecified atom stereocenters. The van der Waals surface area contributed by atoms with Crippen LogP contribution in [-0.2, 0) is 23.1 Å². The highest BCUT2D eigenvalue weighted by atomic mass is 16.6. The van der Waals surface area contributed by atoms with E-state index in [4.69, 9.17) is 9.72 Å². The molecule has 4 heterocycles. The molecule has 1 saturated heterocycles. The van der Waals surface area contributed by atoms with Gasteiger partial charge >= 0.3 is 6.09 Å². The molecule has 3 aromatic heterocycles. The Bertz CT molecular complexity index is 1850. The van der Waals surface area contributed by atoms with Crippen molar-refractivity contribution in [1.82, 2.24) is 39.5 Å². The zero-order valence-corrected chi connectivity index (χ0v) is 28.0. The van der Waals surface area contributed by atoms with E-state index < -0.39 is 23.8 Å². The van der Waals surface area contributed by atoms with Crippen molar-refractivity contribution in [2.24, 2.45) is 13.0 Å². The minimum atomic E-state index is -0.675. The number of aromatic nitrogens is 4. The standard InChI is InChI=1S/C35H44N8O4/c1-35(2,3)47-34(46)42-20-26(37-30(44)10-8-16-40(4)5)27(21-42)39-33(45)24-13-14-28-25(17-24)38-32(41(28)6)29-18-23-9-7-15-36-31(23)43(29)19-22-11-12-22/h7-10,13-15,17-18,22,26-27H,11-12,16,19-21H2,1-6H3,(H,37,44)(H,39,45)/t26-,27?/m0/s1. The smallest absolute Gasteiger partial charge is 0.410 e. The molecule has 3 amide bonds. The van der Waals surface area contributed by atoms with Crippen LogP contribution in [0, 0.1) is 5.92 Å². The van der Waals surface area contributed by atoms with Crippen molar-refractivity contribution >= 4 is 40.0 Å². The molecule has 1 aromatic carbocycles. The molecule has 1 saturated carbocycles. The van der Waals surface area contributed by atoms with E-state index in [0.717, 1.165) is 34.6 Å². The zero-order valence-electron chi connectivity index (χ0n) is 28.0. The van der Waals surface area contributed by atoms with E-state index in [1.165, 1.54) is 23.8 Å². The summed E-state index contributed by atoms with van der Waals surface area (Å²) in [5.74, 6) is 0.856. The fraction of sp³-hybridized carbons (Fsp3) is 0.457. The van der Waals surface area contributed by atoms with Crippen LogP contribution >= 0.6 is 0 Å². The molecular weight excluding hydrogens is 596 g/mol. The fourth-order valence-electron chi connectivity index (χ4n) is 6.01. The van der Waals surface area contributed by atoms with Gasteiger partial charge in [0.1, 0.15) is 11.2 Å². The van der Waals surface area contributed by atoms with Crippen LogP contribution in [0.4, 0.5) is 4.79 Å². The summed E-state index contributed by atoms with van der Waals surface area (Å²) < 4.78 is 9.90. The number of amides is 3. The first-order valence-corrected chi connectivity index (χ1v) is 16.2. The molecule has 2 fully saturated rings. The van der Waals surface area contributed by atoms with Crippen molar-refractivity contribution in [2.75, 3.05) is 33.7 Å². The van der Waals surface area contributed by atoms with Crippen molar-refractivity contribution in [2.45, 2.75) is 57.8 Å². The Morgan fingerprint density at radius 2 is 1.81 bits per heavy atom. The quantitative estimate of drug-likeness (QED) is 0.265. The Morgan fingerprint density at radius 1 is 1.06 bits per heavy atom. The average molecular weight is 641 g/mol. The molecule has 0 radical (unpaired) electrons. The Kier molecular flexibility index (Phi) is 8.80. The summed E-state index contributed by atoms with van der Waals surface area (Å²) in [6.07, 6.45) is 7.02. The Balaban J connectivity index is 1.23. The number of aryl methyl sites for hydroxylation is 1. The summed E-state index contributed by atoms with van der Waals surface area (Å²) in [5, 5.41) is 7.10. The number of fused-ring (bicyclic) bond motifs is 2. The van der Waals surface area contributed by atoms with Crippen LogP contribution in [0.25, 0.3) is 33.6 Å². The van der Waals surface area contributed by atoms with Crippen molar-refractivity contribution in [1.29, 1.82) is 0 Å². The number of nitrogens with one attached hydrogen (secondary N) is 2. The molecule has 2 N–H and O–H groups in total. The first kappa shape index (κ1) is 32.2. The topological polar surface area (TPSA) is 127 Å². The number of carbonyl (C=O) groups excluding carboxylic acids is 3. The van der Waals surface area contributed by atoms with Crippen LogP contribution in [0.3, 0.4) is 0 Å². The largest absolute Gasteiger partial charge is 0.444 e. The minimum absolute atomic E-state index is 0.197. The zero-order chi connectivity index (χ0) is 33.5. The maximum absolute atomic E-state index is 13.7. The van der Waals surface area contributed by atoms with Gasteiger partial charge in [0.15, 0.2) is 5.82 Å². The van der Waals surface area contributed by atoms with E-state index in [1.807, 2.05) is 44.4 Å².